The van der Waals surface area contributed by atoms with Crippen molar-refractivity contribution in [2.45, 2.75) is 43.9 Å². The van der Waals surface area contributed by atoms with E-state index in [1.165, 1.54) is 11.3 Å². The van der Waals surface area contributed by atoms with E-state index in [0.717, 1.165) is 5.69 Å². The third-order valence-corrected chi connectivity index (χ3v) is 5.27. The van der Waals surface area contributed by atoms with Crippen molar-refractivity contribution in [2.24, 2.45) is 7.05 Å². The lowest BCUT2D eigenvalue weighted by Gasteiger charge is -2.29. The number of amides is 1. The van der Waals surface area contributed by atoms with Gasteiger partial charge in [0, 0.05) is 24.5 Å². The van der Waals surface area contributed by atoms with Gasteiger partial charge in [0.1, 0.15) is 5.69 Å². The molecule has 0 aliphatic heterocycles. The van der Waals surface area contributed by atoms with Crippen molar-refractivity contribution >= 4 is 17.2 Å². The number of aryl methyl sites for hydroxylation is 1. The van der Waals surface area contributed by atoms with Crippen molar-refractivity contribution in [3.8, 4) is 11.4 Å². The van der Waals surface area contributed by atoms with Crippen LogP contribution in [0.15, 0.2) is 17.9 Å². The number of nitrogens with one attached hydrogen (secondary N) is 2. The molecular weight excluding hydrogens is 367 g/mol. The van der Waals surface area contributed by atoms with Gasteiger partial charge in [-0.3, -0.25) is 4.79 Å². The van der Waals surface area contributed by atoms with Crippen LogP contribution in [0.25, 0.3) is 11.4 Å². The molecule has 3 rings (SSSR count). The summed E-state index contributed by atoms with van der Waals surface area (Å²) in [5, 5.41) is 7.66. The molecule has 0 radical (unpaired) electrons. The average molecular weight is 387 g/mol. The first-order chi connectivity index (χ1) is 12.3. The molecule has 2 aromatic rings. The van der Waals surface area contributed by atoms with Crippen LogP contribution in [0.1, 0.15) is 35.5 Å². The Labute approximate surface area is 152 Å². The van der Waals surface area contributed by atoms with Crippen LogP contribution in [0.3, 0.4) is 0 Å². The summed E-state index contributed by atoms with van der Waals surface area (Å²) < 4.78 is 38.6. The molecule has 1 fully saturated rings. The molecule has 0 aromatic carbocycles. The maximum atomic E-state index is 12.4. The minimum Gasteiger partial charge on any atom is -0.347 e. The number of imidazole rings is 1. The first-order valence-electron chi connectivity index (χ1n) is 8.35. The summed E-state index contributed by atoms with van der Waals surface area (Å²) in [5.74, 6) is -0.241. The maximum absolute atomic E-state index is 12.4. The van der Waals surface area contributed by atoms with Gasteiger partial charge in [0.25, 0.3) is 5.91 Å². The summed E-state index contributed by atoms with van der Waals surface area (Å²) in [5.41, 5.74) is 1.52. The minimum absolute atomic E-state index is 0.0320. The van der Waals surface area contributed by atoms with Crippen molar-refractivity contribution in [2.75, 3.05) is 6.54 Å². The van der Waals surface area contributed by atoms with Crippen molar-refractivity contribution < 1.29 is 18.0 Å². The molecule has 2 heterocycles. The third kappa shape index (κ3) is 4.82. The quantitative estimate of drug-likeness (QED) is 0.828. The largest absolute Gasteiger partial charge is 0.401 e. The number of carbonyl (C=O) groups is 1. The van der Waals surface area contributed by atoms with Crippen molar-refractivity contribution in [3.05, 3.63) is 22.9 Å². The van der Waals surface area contributed by atoms with Gasteiger partial charge in [0.15, 0.2) is 5.01 Å². The lowest BCUT2D eigenvalue weighted by atomic mass is 9.91. The molecule has 0 spiro atoms. The molecule has 0 bridgehead atoms. The lowest BCUT2D eigenvalue weighted by molar-refractivity contribution is -0.126. The van der Waals surface area contributed by atoms with Crippen LogP contribution >= 0.6 is 11.3 Å². The fourth-order valence-electron chi connectivity index (χ4n) is 3.05. The number of halogens is 3. The number of nitrogens with zero attached hydrogens (tertiary/aromatic N) is 3. The highest BCUT2D eigenvalue weighted by Crippen LogP contribution is 2.23. The van der Waals surface area contributed by atoms with E-state index in [1.807, 2.05) is 17.0 Å². The van der Waals surface area contributed by atoms with E-state index in [9.17, 15) is 18.0 Å². The zero-order chi connectivity index (χ0) is 18.7. The monoisotopic (exact) mass is 387 g/mol. The van der Waals surface area contributed by atoms with Crippen LogP contribution in [0.4, 0.5) is 13.2 Å². The zero-order valence-corrected chi connectivity index (χ0v) is 15.0. The minimum atomic E-state index is -4.19. The summed E-state index contributed by atoms with van der Waals surface area (Å²) in [6, 6.07) is -0.184. The summed E-state index contributed by atoms with van der Waals surface area (Å²) >= 11 is 1.26. The van der Waals surface area contributed by atoms with E-state index in [1.54, 1.807) is 12.5 Å². The number of carbonyl (C=O) groups excluding carboxylic acids is 1. The number of hydrogen-bond acceptors (Lipinski definition) is 5. The lowest BCUT2D eigenvalue weighted by Crippen LogP contribution is -2.44. The number of alkyl halides is 3. The van der Waals surface area contributed by atoms with Crippen LogP contribution in [0, 0.1) is 0 Å². The van der Waals surface area contributed by atoms with E-state index < -0.39 is 12.7 Å². The van der Waals surface area contributed by atoms with E-state index >= 15 is 0 Å². The molecular formula is C16H20F3N5OS. The van der Waals surface area contributed by atoms with Crippen LogP contribution in [-0.4, -0.2) is 45.2 Å². The molecule has 1 aliphatic rings. The number of hydrogen-bond donors (Lipinski definition) is 2. The van der Waals surface area contributed by atoms with E-state index in [4.69, 9.17) is 0 Å². The molecule has 6 nitrogen and oxygen atoms in total. The van der Waals surface area contributed by atoms with Gasteiger partial charge < -0.3 is 15.2 Å². The molecule has 1 amide bonds. The Morgan fingerprint density at radius 2 is 2.00 bits per heavy atom. The maximum Gasteiger partial charge on any atom is 0.401 e. The Balaban J connectivity index is 1.49. The summed E-state index contributed by atoms with van der Waals surface area (Å²) in [6.07, 6.45) is 1.69. The molecule has 142 valence electrons. The predicted octanol–water partition coefficient (Wildman–Crippen LogP) is 2.74. The highest BCUT2D eigenvalue weighted by Gasteiger charge is 2.30. The predicted molar refractivity (Wildman–Crippen MR) is 91.9 cm³/mol. The average Bonchev–Trinajstić information content (AvgIpc) is 3.22. The molecule has 1 aliphatic carbocycles. The first-order valence-corrected chi connectivity index (χ1v) is 9.23. The number of aromatic nitrogens is 3. The van der Waals surface area contributed by atoms with E-state index in [-0.39, 0.29) is 18.0 Å². The molecule has 26 heavy (non-hydrogen) atoms. The molecule has 0 unspecified atom stereocenters. The van der Waals surface area contributed by atoms with Gasteiger partial charge in [-0.05, 0) is 25.7 Å². The fourth-order valence-corrected chi connectivity index (χ4v) is 3.76. The molecule has 2 N–H and O–H groups in total. The third-order valence-electron chi connectivity index (χ3n) is 4.43. The smallest absolute Gasteiger partial charge is 0.347 e. The molecule has 1 saturated carbocycles. The van der Waals surface area contributed by atoms with Gasteiger partial charge in [0.2, 0.25) is 0 Å². The van der Waals surface area contributed by atoms with Crippen molar-refractivity contribution in [3.63, 3.8) is 0 Å². The Bertz CT molecular complexity index is 749. The molecule has 10 heteroatoms. The highest BCUT2D eigenvalue weighted by molar-refractivity contribution is 7.12. The highest BCUT2D eigenvalue weighted by atomic mass is 32.1. The molecule has 2 aromatic heterocycles. The number of rotatable bonds is 5. The normalized spacial score (nSPS) is 20.9. The van der Waals surface area contributed by atoms with Crippen molar-refractivity contribution in [1.29, 1.82) is 0 Å². The standard InChI is InChI=1S/C16H20F3N5OS/c1-24-9-20-6-13(24)12-7-26-15(23-12)14(25)22-11-4-2-10(3-5-11)21-8-16(17,18)19/h6-7,9-11,21H,2-5,8H2,1H3,(H,22,25). The molecule has 0 saturated heterocycles. The van der Waals surface area contributed by atoms with E-state index in [2.05, 4.69) is 20.6 Å². The van der Waals surface area contributed by atoms with Gasteiger partial charge in [-0.2, -0.15) is 13.2 Å². The Hall–Kier alpha value is -1.94. The topological polar surface area (TPSA) is 71.8 Å². The number of thiazole rings is 1. The summed E-state index contributed by atoms with van der Waals surface area (Å²) in [4.78, 5) is 20.8. The van der Waals surface area contributed by atoms with Gasteiger partial charge in [-0.1, -0.05) is 0 Å². The van der Waals surface area contributed by atoms with E-state index in [0.29, 0.717) is 36.4 Å². The van der Waals surface area contributed by atoms with Crippen LogP contribution in [-0.2, 0) is 7.05 Å². The first kappa shape index (κ1) is 18.8. The van der Waals surface area contributed by atoms with Gasteiger partial charge in [-0.25, -0.2) is 9.97 Å². The summed E-state index contributed by atoms with van der Waals surface area (Å²) in [6.45, 7) is -0.968. The van der Waals surface area contributed by atoms with Crippen molar-refractivity contribution in [1.82, 2.24) is 25.2 Å². The SMILES string of the molecule is Cn1cncc1-c1csc(C(=O)NC2CCC(NCC(F)(F)F)CC2)n1. The second kappa shape index (κ2) is 7.75. The van der Waals surface area contributed by atoms with Gasteiger partial charge >= 0.3 is 6.18 Å². The van der Waals surface area contributed by atoms with Gasteiger partial charge in [-0.15, -0.1) is 11.3 Å². The van der Waals surface area contributed by atoms with Crippen LogP contribution in [0.5, 0.6) is 0 Å². The second-order valence-corrected chi connectivity index (χ2v) is 7.30. The Kier molecular flexibility index (Phi) is 5.61. The Morgan fingerprint density at radius 1 is 1.31 bits per heavy atom. The summed E-state index contributed by atoms with van der Waals surface area (Å²) in [7, 11) is 1.85. The fraction of sp³-hybridized carbons (Fsp3) is 0.562. The second-order valence-electron chi connectivity index (χ2n) is 6.45. The molecule has 0 atom stereocenters. The zero-order valence-electron chi connectivity index (χ0n) is 14.2. The Morgan fingerprint density at radius 3 is 2.62 bits per heavy atom. The van der Waals surface area contributed by atoms with Crippen LogP contribution < -0.4 is 10.6 Å². The van der Waals surface area contributed by atoms with Gasteiger partial charge in [0.05, 0.1) is 24.8 Å². The van der Waals surface area contributed by atoms with Crippen LogP contribution in [0.2, 0.25) is 0 Å².